The zero-order valence-electron chi connectivity index (χ0n) is 21.6. The number of fused-ring (bicyclic) bond motifs is 1. The lowest BCUT2D eigenvalue weighted by atomic mass is 9.93. The van der Waals surface area contributed by atoms with Gasteiger partial charge in [0.2, 0.25) is 11.8 Å². The van der Waals surface area contributed by atoms with Gasteiger partial charge >= 0.3 is 0 Å². The fourth-order valence-corrected chi connectivity index (χ4v) is 6.51. The van der Waals surface area contributed by atoms with Crippen molar-refractivity contribution < 1.29 is 14.3 Å². The van der Waals surface area contributed by atoms with E-state index in [-0.39, 0.29) is 23.9 Å². The number of rotatable bonds is 7. The molecular weight excluding hydrogens is 482 g/mol. The molecule has 2 amide bonds. The Bertz CT molecular complexity index is 1210. The standard InChI is InChI=1S/C30H35N3O3S/c1-22-21-32(17-18-33(22)29(35)20-23-8-10-25(36-2)11-9-23)28(34)13-16-31-15-12-27-26(14-19-37-27)30(31)24-6-4-3-5-7-24/h3-11,14,19,22,30H,12-13,15-18,20-21H2,1-2H3. The van der Waals surface area contributed by atoms with Crippen molar-refractivity contribution in [2.24, 2.45) is 0 Å². The number of carbonyl (C=O) groups excluding carboxylic acids is 2. The Labute approximate surface area is 223 Å². The first-order valence-electron chi connectivity index (χ1n) is 13.1. The van der Waals surface area contributed by atoms with Gasteiger partial charge in [-0.25, -0.2) is 0 Å². The average Bonchev–Trinajstić information content (AvgIpc) is 3.41. The van der Waals surface area contributed by atoms with E-state index in [9.17, 15) is 9.59 Å². The maximum atomic E-state index is 13.2. The van der Waals surface area contributed by atoms with Crippen LogP contribution in [0.15, 0.2) is 66.0 Å². The monoisotopic (exact) mass is 517 g/mol. The Morgan fingerprint density at radius 2 is 1.76 bits per heavy atom. The summed E-state index contributed by atoms with van der Waals surface area (Å²) in [5.74, 6) is 1.07. The normalized spacial score (nSPS) is 19.9. The highest BCUT2D eigenvalue weighted by molar-refractivity contribution is 7.10. The molecule has 1 saturated heterocycles. The molecule has 2 unspecified atom stereocenters. The number of hydrogen-bond donors (Lipinski definition) is 0. The minimum Gasteiger partial charge on any atom is -0.497 e. The number of amides is 2. The van der Waals surface area contributed by atoms with Crippen molar-refractivity contribution in [2.45, 2.75) is 38.3 Å². The number of methoxy groups -OCH3 is 1. The molecule has 1 fully saturated rings. The predicted octanol–water partition coefficient (Wildman–Crippen LogP) is 4.40. The highest BCUT2D eigenvalue weighted by Crippen LogP contribution is 2.37. The molecule has 194 valence electrons. The molecule has 3 heterocycles. The summed E-state index contributed by atoms with van der Waals surface area (Å²) < 4.78 is 5.21. The first kappa shape index (κ1) is 25.5. The summed E-state index contributed by atoms with van der Waals surface area (Å²) in [5.41, 5.74) is 3.64. The fraction of sp³-hybridized carbons (Fsp3) is 0.400. The quantitative estimate of drug-likeness (QED) is 0.466. The lowest BCUT2D eigenvalue weighted by Gasteiger charge is -2.41. The second-order valence-electron chi connectivity index (χ2n) is 9.95. The van der Waals surface area contributed by atoms with E-state index in [1.54, 1.807) is 7.11 Å². The molecule has 37 heavy (non-hydrogen) atoms. The number of nitrogens with zero attached hydrogens (tertiary/aromatic N) is 3. The molecule has 0 spiro atoms. The van der Waals surface area contributed by atoms with Crippen LogP contribution in [0.1, 0.15) is 41.0 Å². The molecule has 6 nitrogen and oxygen atoms in total. The van der Waals surface area contributed by atoms with Gasteiger partial charge in [0.1, 0.15) is 5.75 Å². The van der Waals surface area contributed by atoms with E-state index in [2.05, 4.69) is 46.7 Å². The number of hydrogen-bond acceptors (Lipinski definition) is 5. The number of ether oxygens (including phenoxy) is 1. The summed E-state index contributed by atoms with van der Waals surface area (Å²) in [6, 6.07) is 20.7. The third-order valence-corrected chi connectivity index (χ3v) is 8.61. The summed E-state index contributed by atoms with van der Waals surface area (Å²) in [5, 5.41) is 2.19. The minimum absolute atomic E-state index is 0.00358. The van der Waals surface area contributed by atoms with Crippen LogP contribution in [-0.2, 0) is 22.4 Å². The molecule has 2 atom stereocenters. The van der Waals surface area contributed by atoms with Crippen LogP contribution in [0.25, 0.3) is 0 Å². The van der Waals surface area contributed by atoms with Crippen molar-refractivity contribution in [2.75, 3.05) is 39.8 Å². The Hall–Kier alpha value is -3.16. The van der Waals surface area contributed by atoms with Gasteiger partial charge in [0.05, 0.1) is 19.6 Å². The molecule has 0 N–H and O–H groups in total. The number of benzene rings is 2. The van der Waals surface area contributed by atoms with Crippen molar-refractivity contribution in [3.63, 3.8) is 0 Å². The molecule has 2 aliphatic rings. The summed E-state index contributed by atoms with van der Waals surface area (Å²) >= 11 is 1.84. The van der Waals surface area contributed by atoms with E-state index in [1.807, 2.05) is 52.3 Å². The van der Waals surface area contributed by atoms with Gasteiger partial charge in [-0.05, 0) is 53.6 Å². The largest absolute Gasteiger partial charge is 0.497 e. The molecule has 1 aromatic heterocycles. The first-order chi connectivity index (χ1) is 18.0. The SMILES string of the molecule is COc1ccc(CC(=O)N2CCN(C(=O)CCN3CCc4sccc4C3c3ccccc3)CC2C)cc1. The van der Waals surface area contributed by atoms with Gasteiger partial charge in [-0.2, -0.15) is 0 Å². The highest BCUT2D eigenvalue weighted by atomic mass is 32.1. The van der Waals surface area contributed by atoms with Gasteiger partial charge in [-0.1, -0.05) is 42.5 Å². The lowest BCUT2D eigenvalue weighted by Crippen LogP contribution is -2.56. The van der Waals surface area contributed by atoms with E-state index < -0.39 is 0 Å². The third kappa shape index (κ3) is 5.73. The smallest absolute Gasteiger partial charge is 0.227 e. The van der Waals surface area contributed by atoms with Crippen molar-refractivity contribution in [1.82, 2.24) is 14.7 Å². The molecule has 3 aromatic rings. The van der Waals surface area contributed by atoms with Crippen LogP contribution in [0.3, 0.4) is 0 Å². The summed E-state index contributed by atoms with van der Waals surface area (Å²) in [6.07, 6.45) is 1.90. The van der Waals surface area contributed by atoms with Gasteiger partial charge in [0, 0.05) is 50.1 Å². The highest BCUT2D eigenvalue weighted by Gasteiger charge is 2.32. The van der Waals surface area contributed by atoms with Crippen LogP contribution < -0.4 is 4.74 Å². The Balaban J connectivity index is 1.16. The van der Waals surface area contributed by atoms with Gasteiger partial charge in [0.25, 0.3) is 0 Å². The first-order valence-corrected chi connectivity index (χ1v) is 14.0. The van der Waals surface area contributed by atoms with Gasteiger partial charge in [0.15, 0.2) is 0 Å². The molecule has 5 rings (SSSR count). The summed E-state index contributed by atoms with van der Waals surface area (Å²) in [7, 11) is 1.64. The van der Waals surface area contributed by atoms with Crippen LogP contribution in [0.4, 0.5) is 0 Å². The van der Waals surface area contributed by atoms with Gasteiger partial charge < -0.3 is 14.5 Å². The third-order valence-electron chi connectivity index (χ3n) is 7.61. The van der Waals surface area contributed by atoms with Crippen LogP contribution in [0.5, 0.6) is 5.75 Å². The molecule has 7 heteroatoms. The van der Waals surface area contributed by atoms with Gasteiger partial charge in [-0.15, -0.1) is 11.3 Å². The fourth-order valence-electron chi connectivity index (χ4n) is 5.61. The summed E-state index contributed by atoms with van der Waals surface area (Å²) in [4.78, 5) is 34.0. The molecule has 0 saturated carbocycles. The van der Waals surface area contributed by atoms with Crippen molar-refractivity contribution in [3.8, 4) is 5.75 Å². The summed E-state index contributed by atoms with van der Waals surface area (Å²) in [6.45, 7) is 5.50. The molecule has 0 bridgehead atoms. The van der Waals surface area contributed by atoms with Crippen molar-refractivity contribution in [1.29, 1.82) is 0 Å². The number of piperazine rings is 1. The molecular formula is C30H35N3O3S. The van der Waals surface area contributed by atoms with E-state index in [0.717, 1.165) is 30.8 Å². The van der Waals surface area contributed by atoms with E-state index in [4.69, 9.17) is 4.74 Å². The second kappa shape index (κ2) is 11.5. The maximum Gasteiger partial charge on any atom is 0.227 e. The predicted molar refractivity (Wildman–Crippen MR) is 147 cm³/mol. The van der Waals surface area contributed by atoms with Gasteiger partial charge in [-0.3, -0.25) is 14.5 Å². The van der Waals surface area contributed by atoms with Crippen molar-refractivity contribution in [3.05, 3.63) is 87.6 Å². The van der Waals surface area contributed by atoms with Crippen molar-refractivity contribution >= 4 is 23.2 Å². The minimum atomic E-state index is 0.00358. The van der Waals surface area contributed by atoms with E-state index >= 15 is 0 Å². The average molecular weight is 518 g/mol. The van der Waals surface area contributed by atoms with Crippen LogP contribution >= 0.6 is 11.3 Å². The topological polar surface area (TPSA) is 53.1 Å². The lowest BCUT2D eigenvalue weighted by molar-refractivity contribution is -0.142. The van der Waals surface area contributed by atoms with Crippen LogP contribution in [0.2, 0.25) is 0 Å². The number of thiophene rings is 1. The molecule has 2 aromatic carbocycles. The Morgan fingerprint density at radius 3 is 2.49 bits per heavy atom. The molecule has 0 aliphatic carbocycles. The van der Waals surface area contributed by atoms with E-state index in [1.165, 1.54) is 16.0 Å². The van der Waals surface area contributed by atoms with Crippen LogP contribution in [-0.4, -0.2) is 72.4 Å². The molecule has 2 aliphatic heterocycles. The molecule has 0 radical (unpaired) electrons. The van der Waals surface area contributed by atoms with Crippen LogP contribution in [0, 0.1) is 0 Å². The Kier molecular flexibility index (Phi) is 7.91. The Morgan fingerprint density at radius 1 is 0.973 bits per heavy atom. The number of carbonyl (C=O) groups is 2. The second-order valence-corrected chi connectivity index (χ2v) is 10.9. The zero-order chi connectivity index (χ0) is 25.8. The maximum absolute atomic E-state index is 13.2. The zero-order valence-corrected chi connectivity index (χ0v) is 22.5. The van der Waals surface area contributed by atoms with E-state index in [0.29, 0.717) is 32.5 Å².